The van der Waals surface area contributed by atoms with E-state index >= 15 is 0 Å². The van der Waals surface area contributed by atoms with Crippen LogP contribution in [0.3, 0.4) is 0 Å². The lowest BCUT2D eigenvalue weighted by molar-refractivity contribution is -0.121. The van der Waals surface area contributed by atoms with Crippen LogP contribution < -0.4 is 11.1 Å². The molecule has 0 atom stereocenters. The van der Waals surface area contributed by atoms with Crippen LogP contribution in [0.4, 0.5) is 17.1 Å². The molecule has 3 N–H and O–H groups in total. The van der Waals surface area contributed by atoms with Crippen molar-refractivity contribution in [2.75, 3.05) is 24.3 Å². The molecule has 8 heteroatoms. The summed E-state index contributed by atoms with van der Waals surface area (Å²) in [4.78, 5) is 24.4. The van der Waals surface area contributed by atoms with Gasteiger partial charge in [0.25, 0.3) is 0 Å². The third kappa shape index (κ3) is 8.79. The van der Waals surface area contributed by atoms with Gasteiger partial charge in [-0.1, -0.05) is 12.1 Å². The number of amides is 1. The number of hydrogen-bond acceptors (Lipinski definition) is 7. The maximum atomic E-state index is 11.7. The first-order valence-electron chi connectivity index (χ1n) is 13.7. The fourth-order valence-electron chi connectivity index (χ4n) is 4.17. The second-order valence-electron chi connectivity index (χ2n) is 10.2. The number of carbonyl (C=O) groups excluding carboxylic acids is 1. The number of benzene rings is 2. The number of nitrogens with two attached hydrogens (primary N) is 1. The van der Waals surface area contributed by atoms with Gasteiger partial charge in [-0.05, 0) is 104 Å². The largest absolute Gasteiger partial charge is 0.397 e. The van der Waals surface area contributed by atoms with Gasteiger partial charge in [-0.15, -0.1) is 0 Å². The molecule has 41 heavy (non-hydrogen) atoms. The number of pyridine rings is 2. The molecule has 3 heterocycles. The Hall–Kier alpha value is -4.40. The van der Waals surface area contributed by atoms with Crippen molar-refractivity contribution < 1.29 is 14.3 Å². The van der Waals surface area contributed by atoms with Crippen molar-refractivity contribution in [2.45, 2.75) is 46.3 Å². The van der Waals surface area contributed by atoms with Gasteiger partial charge < -0.3 is 20.5 Å². The Morgan fingerprint density at radius 1 is 0.805 bits per heavy atom. The van der Waals surface area contributed by atoms with Gasteiger partial charge in [-0.3, -0.25) is 19.8 Å². The van der Waals surface area contributed by atoms with E-state index in [-0.39, 0.29) is 24.7 Å². The number of nitrogens with one attached hydrogen (secondary N) is 1. The summed E-state index contributed by atoms with van der Waals surface area (Å²) in [6, 6.07) is 19.8. The Morgan fingerprint density at radius 3 is 1.98 bits per heavy atom. The minimum Gasteiger partial charge on any atom is -0.397 e. The van der Waals surface area contributed by atoms with Gasteiger partial charge in [0.2, 0.25) is 5.91 Å². The molecular weight excluding hydrogens is 514 g/mol. The van der Waals surface area contributed by atoms with Crippen molar-refractivity contribution in [2.24, 2.45) is 4.99 Å². The van der Waals surface area contributed by atoms with Crippen molar-refractivity contribution in [1.82, 2.24) is 9.97 Å². The first-order chi connectivity index (χ1) is 19.8. The lowest BCUT2D eigenvalue weighted by atomic mass is 10.0. The fraction of sp³-hybridized carbons (Fsp3) is 0.273. The topological polar surface area (TPSA) is 112 Å². The Bertz CT molecular complexity index is 1470. The van der Waals surface area contributed by atoms with Crippen molar-refractivity contribution >= 4 is 28.7 Å². The second-order valence-corrected chi connectivity index (χ2v) is 10.2. The number of aliphatic imine (C=N–C) groups is 1. The van der Waals surface area contributed by atoms with E-state index < -0.39 is 0 Å². The van der Waals surface area contributed by atoms with Crippen molar-refractivity contribution in [3.8, 4) is 22.3 Å². The van der Waals surface area contributed by atoms with Crippen LogP contribution in [-0.4, -0.2) is 47.0 Å². The highest BCUT2D eigenvalue weighted by Gasteiger charge is 2.16. The number of nitrogens with zero attached hydrogens (tertiary/aromatic N) is 3. The van der Waals surface area contributed by atoms with Crippen LogP contribution in [0, 0.1) is 0 Å². The Balaban J connectivity index is 0.000000189. The van der Waals surface area contributed by atoms with Gasteiger partial charge in [0.1, 0.15) is 6.61 Å². The lowest BCUT2D eigenvalue weighted by Gasteiger charge is -2.11. The highest BCUT2D eigenvalue weighted by atomic mass is 16.5. The molecule has 2 aromatic carbocycles. The van der Waals surface area contributed by atoms with Crippen molar-refractivity contribution in [1.29, 1.82) is 0 Å². The third-order valence-electron chi connectivity index (χ3n) is 6.24. The van der Waals surface area contributed by atoms with E-state index in [2.05, 4.69) is 38.5 Å². The molecule has 0 bridgehead atoms. The molecule has 5 rings (SSSR count). The summed E-state index contributed by atoms with van der Waals surface area (Å²) in [5, 5.41) is 2.74. The molecule has 0 radical (unpaired) electrons. The molecule has 1 amide bonds. The SMILES string of the molecule is CC(C)OCC(=O)Nc1ccc(-c2ccncc2)cc1N.CC(C)OCC1=Nc2ccc(-c3ccncc3)cc2C1. The summed E-state index contributed by atoms with van der Waals surface area (Å²) in [5.74, 6) is -0.216. The molecule has 0 saturated heterocycles. The van der Waals surface area contributed by atoms with E-state index in [1.807, 2.05) is 76.5 Å². The van der Waals surface area contributed by atoms with E-state index in [1.54, 1.807) is 18.5 Å². The molecule has 0 fully saturated rings. The molecule has 2 aromatic heterocycles. The summed E-state index contributed by atoms with van der Waals surface area (Å²) in [6.07, 6.45) is 8.24. The van der Waals surface area contributed by atoms with Gasteiger partial charge in [0.05, 0.1) is 35.9 Å². The van der Waals surface area contributed by atoms with Crippen LogP contribution in [-0.2, 0) is 20.7 Å². The van der Waals surface area contributed by atoms with E-state index in [0.717, 1.165) is 28.9 Å². The molecule has 1 aliphatic heterocycles. The Morgan fingerprint density at radius 2 is 1.39 bits per heavy atom. The molecule has 1 aliphatic rings. The normalized spacial score (nSPS) is 12.0. The molecule has 8 nitrogen and oxygen atoms in total. The van der Waals surface area contributed by atoms with Crippen molar-refractivity contribution in [3.63, 3.8) is 0 Å². The average molecular weight is 552 g/mol. The zero-order valence-electron chi connectivity index (χ0n) is 24.0. The highest BCUT2D eigenvalue weighted by molar-refractivity contribution is 5.96. The maximum absolute atomic E-state index is 11.7. The predicted molar refractivity (Wildman–Crippen MR) is 165 cm³/mol. The van der Waals surface area contributed by atoms with Crippen molar-refractivity contribution in [3.05, 3.63) is 91.0 Å². The number of carbonyl (C=O) groups is 1. The molecule has 0 unspecified atom stereocenters. The second kappa shape index (κ2) is 14.3. The van der Waals surface area contributed by atoms with Crippen LogP contribution in [0.5, 0.6) is 0 Å². The van der Waals surface area contributed by atoms with Gasteiger partial charge in [0, 0.05) is 36.9 Å². The minimum atomic E-state index is -0.216. The predicted octanol–water partition coefficient (Wildman–Crippen LogP) is 6.50. The third-order valence-corrected chi connectivity index (χ3v) is 6.24. The zero-order valence-corrected chi connectivity index (χ0v) is 24.0. The van der Waals surface area contributed by atoms with Gasteiger partial charge >= 0.3 is 0 Å². The van der Waals surface area contributed by atoms with Crippen LogP contribution in [0.25, 0.3) is 22.3 Å². The number of aromatic nitrogens is 2. The number of fused-ring (bicyclic) bond motifs is 1. The molecule has 0 spiro atoms. The van der Waals surface area contributed by atoms with Crippen LogP contribution in [0.15, 0.2) is 90.4 Å². The minimum absolute atomic E-state index is 0.0159. The fourth-order valence-corrected chi connectivity index (χ4v) is 4.17. The molecule has 0 saturated carbocycles. The number of ether oxygens (including phenoxy) is 2. The Kier molecular flexibility index (Phi) is 10.3. The highest BCUT2D eigenvalue weighted by Crippen LogP contribution is 2.31. The van der Waals surface area contributed by atoms with E-state index in [0.29, 0.717) is 18.0 Å². The van der Waals surface area contributed by atoms with E-state index in [1.165, 1.54) is 16.7 Å². The van der Waals surface area contributed by atoms with Crippen LogP contribution in [0.2, 0.25) is 0 Å². The van der Waals surface area contributed by atoms with Gasteiger partial charge in [-0.25, -0.2) is 0 Å². The molecule has 212 valence electrons. The molecule has 4 aromatic rings. The summed E-state index contributed by atoms with van der Waals surface area (Å²) in [5.41, 5.74) is 15.0. The molecule has 0 aliphatic carbocycles. The van der Waals surface area contributed by atoms with Gasteiger partial charge in [-0.2, -0.15) is 0 Å². The zero-order chi connectivity index (χ0) is 29.2. The number of hydrogen-bond donors (Lipinski definition) is 2. The van der Waals surface area contributed by atoms with E-state index in [4.69, 9.17) is 15.2 Å². The summed E-state index contributed by atoms with van der Waals surface area (Å²) in [6.45, 7) is 8.49. The summed E-state index contributed by atoms with van der Waals surface area (Å²) >= 11 is 0. The summed E-state index contributed by atoms with van der Waals surface area (Å²) in [7, 11) is 0. The first-order valence-corrected chi connectivity index (χ1v) is 13.7. The average Bonchev–Trinajstić information content (AvgIpc) is 3.40. The summed E-state index contributed by atoms with van der Waals surface area (Å²) < 4.78 is 10.9. The standard InChI is InChI=1S/C17H18N2O.C16H19N3O2/c1-12(2)20-11-16-10-15-9-14(3-4-17(15)19-16)13-5-7-18-8-6-13;1-11(2)21-10-16(20)19-15-4-3-13(9-14(15)17)12-5-7-18-8-6-12/h3-9,12H,10-11H2,1-2H3;3-9,11H,10,17H2,1-2H3,(H,19,20). The smallest absolute Gasteiger partial charge is 0.250 e. The first kappa shape index (κ1) is 29.6. The van der Waals surface area contributed by atoms with Crippen LogP contribution in [0.1, 0.15) is 33.3 Å². The lowest BCUT2D eigenvalue weighted by Crippen LogP contribution is -2.21. The van der Waals surface area contributed by atoms with E-state index in [9.17, 15) is 4.79 Å². The van der Waals surface area contributed by atoms with Gasteiger partial charge in [0.15, 0.2) is 0 Å². The monoisotopic (exact) mass is 551 g/mol. The number of nitrogen functional groups attached to an aromatic ring is 1. The Labute approximate surface area is 241 Å². The number of anilines is 2. The molecular formula is C33H37N5O3. The maximum Gasteiger partial charge on any atom is 0.250 e. The van der Waals surface area contributed by atoms with Crippen LogP contribution >= 0.6 is 0 Å². The number of rotatable bonds is 9. The quantitative estimate of drug-likeness (QED) is 0.230.